The Hall–Kier alpha value is -1.03. The summed E-state index contributed by atoms with van der Waals surface area (Å²) in [6.07, 6.45) is 1.84. The Kier molecular flexibility index (Phi) is 3.29. The molecule has 0 amide bonds. The molecule has 2 heterocycles. The minimum atomic E-state index is 0.783. The van der Waals surface area contributed by atoms with Gasteiger partial charge < -0.3 is 9.32 Å². The van der Waals surface area contributed by atoms with E-state index >= 15 is 0 Å². The van der Waals surface area contributed by atoms with Crippen LogP contribution < -0.4 is 0 Å². The average Bonchev–Trinajstić information content (AvgIpc) is 2.77. The fourth-order valence-corrected chi connectivity index (χ4v) is 2.76. The van der Waals surface area contributed by atoms with Crippen LogP contribution in [0, 0.1) is 0 Å². The van der Waals surface area contributed by atoms with Crippen LogP contribution in [0.2, 0.25) is 5.02 Å². The van der Waals surface area contributed by atoms with Crippen molar-refractivity contribution in [1.82, 2.24) is 9.80 Å². The summed E-state index contributed by atoms with van der Waals surface area (Å²) in [4.78, 5) is 4.81. The zero-order valence-corrected chi connectivity index (χ0v) is 11.3. The molecule has 3 nitrogen and oxygen atoms in total. The minimum Gasteiger partial charge on any atom is -0.464 e. The van der Waals surface area contributed by atoms with Crippen LogP contribution in [0.4, 0.5) is 0 Å². The van der Waals surface area contributed by atoms with Gasteiger partial charge in [0.25, 0.3) is 0 Å². The van der Waals surface area contributed by atoms with Crippen molar-refractivity contribution in [3.8, 4) is 0 Å². The van der Waals surface area contributed by atoms with Gasteiger partial charge in [-0.15, -0.1) is 0 Å². The molecule has 0 radical (unpaired) electrons. The van der Waals surface area contributed by atoms with Gasteiger partial charge in [0.2, 0.25) is 0 Å². The van der Waals surface area contributed by atoms with Crippen LogP contribution in [0.5, 0.6) is 0 Å². The molecule has 1 aromatic carbocycles. The number of benzene rings is 1. The highest BCUT2D eigenvalue weighted by atomic mass is 35.5. The maximum atomic E-state index is 6.26. The molecule has 2 aromatic rings. The van der Waals surface area contributed by atoms with Gasteiger partial charge in [-0.1, -0.05) is 17.7 Å². The van der Waals surface area contributed by atoms with Crippen molar-refractivity contribution < 1.29 is 4.42 Å². The number of hydrogen-bond donors (Lipinski definition) is 0. The zero-order chi connectivity index (χ0) is 12.5. The van der Waals surface area contributed by atoms with Crippen molar-refractivity contribution in [1.29, 1.82) is 0 Å². The summed E-state index contributed by atoms with van der Waals surface area (Å²) in [6.45, 7) is 5.39. The monoisotopic (exact) mass is 264 g/mol. The van der Waals surface area contributed by atoms with Crippen LogP contribution in [0.25, 0.3) is 11.0 Å². The number of fused-ring (bicyclic) bond motifs is 1. The molecule has 1 aliphatic heterocycles. The predicted molar refractivity (Wildman–Crippen MR) is 74.0 cm³/mol. The van der Waals surface area contributed by atoms with Crippen molar-refractivity contribution >= 4 is 22.6 Å². The molecule has 3 rings (SSSR count). The number of piperazine rings is 1. The molecular formula is C14H17ClN2O. The third-order valence-corrected chi connectivity index (χ3v) is 3.93. The van der Waals surface area contributed by atoms with Gasteiger partial charge in [-0.25, -0.2) is 0 Å². The highest BCUT2D eigenvalue weighted by Crippen LogP contribution is 2.29. The fraction of sp³-hybridized carbons (Fsp3) is 0.429. The molecule has 0 atom stereocenters. The Balaban J connectivity index is 1.82. The van der Waals surface area contributed by atoms with E-state index in [-0.39, 0.29) is 0 Å². The minimum absolute atomic E-state index is 0.783. The van der Waals surface area contributed by atoms with Crippen LogP contribution in [-0.4, -0.2) is 43.0 Å². The Morgan fingerprint density at radius 3 is 2.78 bits per heavy atom. The molecule has 4 heteroatoms. The highest BCUT2D eigenvalue weighted by Gasteiger charge is 2.17. The Bertz CT molecular complexity index is 544. The number of hydrogen-bond acceptors (Lipinski definition) is 3. The second kappa shape index (κ2) is 4.92. The maximum absolute atomic E-state index is 6.26. The first-order valence-corrected chi connectivity index (χ1v) is 6.67. The van der Waals surface area contributed by atoms with E-state index in [9.17, 15) is 0 Å². The van der Waals surface area contributed by atoms with Crippen LogP contribution in [0.1, 0.15) is 5.56 Å². The number of rotatable bonds is 2. The largest absolute Gasteiger partial charge is 0.464 e. The SMILES string of the molecule is CN1CCN(Cc2coc3cccc(Cl)c23)CC1. The van der Waals surface area contributed by atoms with Gasteiger partial charge in [-0.3, -0.25) is 4.90 Å². The predicted octanol–water partition coefficient (Wildman–Crippen LogP) is 2.83. The van der Waals surface area contributed by atoms with Gasteiger partial charge in [0.1, 0.15) is 5.58 Å². The molecule has 18 heavy (non-hydrogen) atoms. The third-order valence-electron chi connectivity index (χ3n) is 3.61. The Labute approximate surface area is 112 Å². The van der Waals surface area contributed by atoms with Crippen molar-refractivity contribution in [3.63, 3.8) is 0 Å². The third kappa shape index (κ3) is 2.26. The maximum Gasteiger partial charge on any atom is 0.135 e. The molecule has 0 aliphatic carbocycles. The standard InChI is InChI=1S/C14H17ClN2O/c1-16-5-7-17(8-6-16)9-11-10-18-13-4-2-3-12(15)14(11)13/h2-4,10H,5-9H2,1H3. The first-order chi connectivity index (χ1) is 8.74. The summed E-state index contributed by atoms with van der Waals surface area (Å²) in [7, 11) is 2.17. The van der Waals surface area contributed by atoms with Crippen LogP contribution >= 0.6 is 11.6 Å². The van der Waals surface area contributed by atoms with E-state index in [0.29, 0.717) is 0 Å². The second-order valence-corrected chi connectivity index (χ2v) is 5.36. The Morgan fingerprint density at radius 2 is 2.00 bits per heavy atom. The van der Waals surface area contributed by atoms with E-state index in [0.717, 1.165) is 48.7 Å². The van der Waals surface area contributed by atoms with E-state index in [4.69, 9.17) is 16.0 Å². The molecule has 1 aromatic heterocycles. The van der Waals surface area contributed by atoms with Gasteiger partial charge in [0.15, 0.2) is 0 Å². The zero-order valence-electron chi connectivity index (χ0n) is 10.5. The van der Waals surface area contributed by atoms with E-state index < -0.39 is 0 Å². The van der Waals surface area contributed by atoms with Crippen molar-refractivity contribution in [3.05, 3.63) is 35.0 Å². The lowest BCUT2D eigenvalue weighted by Crippen LogP contribution is -2.43. The summed E-state index contributed by atoms with van der Waals surface area (Å²) in [5.41, 5.74) is 2.08. The summed E-state index contributed by atoms with van der Waals surface area (Å²) < 4.78 is 5.57. The van der Waals surface area contributed by atoms with Gasteiger partial charge in [-0.05, 0) is 19.2 Å². The van der Waals surface area contributed by atoms with Gasteiger partial charge >= 0.3 is 0 Å². The fourth-order valence-electron chi connectivity index (χ4n) is 2.47. The van der Waals surface area contributed by atoms with Crippen molar-refractivity contribution in [2.75, 3.05) is 33.2 Å². The van der Waals surface area contributed by atoms with Crippen molar-refractivity contribution in [2.24, 2.45) is 0 Å². The molecule has 96 valence electrons. The molecule has 0 N–H and O–H groups in total. The smallest absolute Gasteiger partial charge is 0.135 e. The number of halogens is 1. The summed E-state index contributed by atoms with van der Waals surface area (Å²) in [5, 5.41) is 1.85. The summed E-state index contributed by atoms with van der Waals surface area (Å²) in [5.74, 6) is 0. The van der Waals surface area contributed by atoms with E-state index in [1.54, 1.807) is 0 Å². The lowest BCUT2D eigenvalue weighted by Gasteiger charge is -2.32. The molecular weight excluding hydrogens is 248 g/mol. The molecule has 0 spiro atoms. The van der Waals surface area contributed by atoms with Crippen LogP contribution in [0.15, 0.2) is 28.9 Å². The quantitative estimate of drug-likeness (QED) is 0.832. The molecule has 0 saturated carbocycles. The first kappa shape index (κ1) is 12.0. The van der Waals surface area contributed by atoms with Crippen LogP contribution in [-0.2, 0) is 6.54 Å². The topological polar surface area (TPSA) is 19.6 Å². The molecule has 1 saturated heterocycles. The normalized spacial score (nSPS) is 18.6. The highest BCUT2D eigenvalue weighted by molar-refractivity contribution is 6.35. The summed E-state index contributed by atoms with van der Waals surface area (Å²) >= 11 is 6.26. The lowest BCUT2D eigenvalue weighted by molar-refractivity contribution is 0.148. The van der Waals surface area contributed by atoms with E-state index in [1.165, 1.54) is 5.56 Å². The number of nitrogens with zero attached hydrogens (tertiary/aromatic N) is 2. The summed E-state index contributed by atoms with van der Waals surface area (Å²) in [6, 6.07) is 5.81. The van der Waals surface area contributed by atoms with Crippen LogP contribution in [0.3, 0.4) is 0 Å². The van der Waals surface area contributed by atoms with Gasteiger partial charge in [0, 0.05) is 43.7 Å². The average molecular weight is 265 g/mol. The van der Waals surface area contributed by atoms with Gasteiger partial charge in [-0.2, -0.15) is 0 Å². The Morgan fingerprint density at radius 1 is 1.22 bits per heavy atom. The van der Waals surface area contributed by atoms with E-state index in [2.05, 4.69) is 16.8 Å². The van der Waals surface area contributed by atoms with Gasteiger partial charge in [0.05, 0.1) is 11.3 Å². The second-order valence-electron chi connectivity index (χ2n) is 4.95. The number of likely N-dealkylation sites (N-methyl/N-ethyl adjacent to an activating group) is 1. The molecule has 0 bridgehead atoms. The molecule has 0 unspecified atom stereocenters. The lowest BCUT2D eigenvalue weighted by atomic mass is 10.1. The van der Waals surface area contributed by atoms with E-state index in [1.807, 2.05) is 24.5 Å². The van der Waals surface area contributed by atoms with Crippen molar-refractivity contribution in [2.45, 2.75) is 6.54 Å². The molecule has 1 fully saturated rings. The molecule has 1 aliphatic rings. The number of furan rings is 1. The first-order valence-electron chi connectivity index (χ1n) is 6.29.